The van der Waals surface area contributed by atoms with E-state index in [9.17, 15) is 0 Å². The van der Waals surface area contributed by atoms with Crippen LogP contribution in [0.5, 0.6) is 0 Å². The van der Waals surface area contributed by atoms with Gasteiger partial charge in [0.2, 0.25) is 0 Å². The summed E-state index contributed by atoms with van der Waals surface area (Å²) in [6.45, 7) is 1.07. The molecule has 7 heteroatoms. The molecule has 1 saturated heterocycles. The van der Waals surface area contributed by atoms with Crippen molar-refractivity contribution in [1.29, 1.82) is 0 Å². The van der Waals surface area contributed by atoms with Crippen LogP contribution in [0.3, 0.4) is 0 Å². The van der Waals surface area contributed by atoms with Gasteiger partial charge in [-0.15, -0.1) is 11.3 Å². The molecule has 0 spiro atoms. The predicted octanol–water partition coefficient (Wildman–Crippen LogP) is 3.30. The first kappa shape index (κ1) is 16.8. The van der Waals surface area contributed by atoms with Crippen LogP contribution >= 0.6 is 11.3 Å². The molecule has 0 radical (unpaired) electrons. The first-order valence-corrected chi connectivity index (χ1v) is 11.1. The third-order valence-corrected chi connectivity index (χ3v) is 7.65. The molecule has 0 aromatic carbocycles. The second-order valence-corrected chi connectivity index (χ2v) is 9.30. The quantitative estimate of drug-likeness (QED) is 0.635. The summed E-state index contributed by atoms with van der Waals surface area (Å²) in [5.41, 5.74) is 9.22. The molecular formula is C21H24N6S. The van der Waals surface area contributed by atoms with Gasteiger partial charge in [-0.3, -0.25) is 15.8 Å². The van der Waals surface area contributed by atoms with E-state index in [0.717, 1.165) is 35.0 Å². The van der Waals surface area contributed by atoms with E-state index in [-0.39, 0.29) is 0 Å². The molecule has 0 bridgehead atoms. The Hall–Kier alpha value is -2.09. The van der Waals surface area contributed by atoms with E-state index in [0.29, 0.717) is 18.0 Å². The molecule has 28 heavy (non-hydrogen) atoms. The lowest BCUT2D eigenvalue weighted by Crippen LogP contribution is -2.39. The van der Waals surface area contributed by atoms with E-state index < -0.39 is 0 Å². The van der Waals surface area contributed by atoms with Crippen LogP contribution in [-0.2, 0) is 12.8 Å². The summed E-state index contributed by atoms with van der Waals surface area (Å²) in [5, 5.41) is 5.12. The summed E-state index contributed by atoms with van der Waals surface area (Å²) in [6.07, 6.45) is 10.8. The normalized spacial score (nSPS) is 26.4. The summed E-state index contributed by atoms with van der Waals surface area (Å²) in [6, 6.07) is 5.09. The highest BCUT2D eigenvalue weighted by Crippen LogP contribution is 2.41. The summed E-state index contributed by atoms with van der Waals surface area (Å²) in [7, 11) is 0. The number of hydrogen-bond donors (Lipinski definition) is 3. The molecule has 6 nitrogen and oxygen atoms in total. The molecule has 3 N–H and O–H groups in total. The zero-order valence-corrected chi connectivity index (χ0v) is 16.6. The van der Waals surface area contributed by atoms with Gasteiger partial charge in [-0.25, -0.2) is 9.97 Å². The van der Waals surface area contributed by atoms with Gasteiger partial charge in [0.05, 0.1) is 5.39 Å². The predicted molar refractivity (Wildman–Crippen MR) is 112 cm³/mol. The molecule has 3 unspecified atom stereocenters. The van der Waals surface area contributed by atoms with Gasteiger partial charge in [0.25, 0.3) is 0 Å². The molecule has 2 aliphatic carbocycles. The van der Waals surface area contributed by atoms with Crippen LogP contribution in [0.25, 0.3) is 21.6 Å². The molecule has 3 aromatic rings. The number of nitrogens with one attached hydrogen (secondary N) is 3. The van der Waals surface area contributed by atoms with Gasteiger partial charge in [-0.05, 0) is 62.1 Å². The number of thiophene rings is 1. The second kappa shape index (κ2) is 6.76. The van der Waals surface area contributed by atoms with Crippen molar-refractivity contribution in [3.05, 3.63) is 35.0 Å². The van der Waals surface area contributed by atoms with Gasteiger partial charge in [0, 0.05) is 41.5 Å². The Morgan fingerprint density at radius 2 is 2.18 bits per heavy atom. The van der Waals surface area contributed by atoms with Gasteiger partial charge in [0.15, 0.2) is 5.82 Å². The van der Waals surface area contributed by atoms with E-state index in [4.69, 9.17) is 9.97 Å². The van der Waals surface area contributed by atoms with Gasteiger partial charge >= 0.3 is 0 Å². The van der Waals surface area contributed by atoms with Crippen LogP contribution in [0.15, 0.2) is 24.5 Å². The molecule has 2 fully saturated rings. The lowest BCUT2D eigenvalue weighted by atomic mass is 9.83. The van der Waals surface area contributed by atoms with Crippen molar-refractivity contribution in [2.45, 2.75) is 50.6 Å². The highest BCUT2D eigenvalue weighted by Gasteiger charge is 2.34. The molecular weight excluding hydrogens is 368 g/mol. The summed E-state index contributed by atoms with van der Waals surface area (Å²) in [4.78, 5) is 16.8. The average molecular weight is 393 g/mol. The maximum absolute atomic E-state index is 5.01. The first-order valence-electron chi connectivity index (χ1n) is 10.3. The SMILES string of the molecule is c1cncc(-c2nc(NC3CCC4NNCC4C3)c3c4c(sc3n2)CCC4)c1. The number of rotatable bonds is 3. The molecule has 3 atom stereocenters. The number of aryl methyl sites for hydroxylation is 2. The summed E-state index contributed by atoms with van der Waals surface area (Å²) >= 11 is 1.86. The molecule has 144 valence electrons. The number of hydrogen-bond acceptors (Lipinski definition) is 7. The lowest BCUT2D eigenvalue weighted by molar-refractivity contribution is 0.314. The largest absolute Gasteiger partial charge is 0.367 e. The topological polar surface area (TPSA) is 74.8 Å². The summed E-state index contributed by atoms with van der Waals surface area (Å²) in [5.74, 6) is 2.51. The number of hydrazine groups is 1. The van der Waals surface area contributed by atoms with Gasteiger partial charge in [-0.1, -0.05) is 0 Å². The zero-order chi connectivity index (χ0) is 18.5. The smallest absolute Gasteiger partial charge is 0.164 e. The van der Waals surface area contributed by atoms with Crippen LogP contribution in [0.1, 0.15) is 36.1 Å². The number of anilines is 1. The Labute approximate surface area is 168 Å². The van der Waals surface area contributed by atoms with Crippen molar-refractivity contribution in [1.82, 2.24) is 25.8 Å². The van der Waals surface area contributed by atoms with Crippen LogP contribution in [-0.4, -0.2) is 33.6 Å². The number of pyridine rings is 1. The third kappa shape index (κ3) is 2.80. The zero-order valence-electron chi connectivity index (χ0n) is 15.7. The fourth-order valence-electron chi connectivity index (χ4n) is 5.05. The monoisotopic (exact) mass is 392 g/mol. The van der Waals surface area contributed by atoms with Crippen molar-refractivity contribution in [3.8, 4) is 11.4 Å². The molecule has 6 rings (SSSR count). The van der Waals surface area contributed by atoms with Crippen LogP contribution in [0, 0.1) is 5.92 Å². The van der Waals surface area contributed by atoms with E-state index in [1.165, 1.54) is 47.9 Å². The van der Waals surface area contributed by atoms with Crippen LogP contribution in [0.2, 0.25) is 0 Å². The van der Waals surface area contributed by atoms with Crippen molar-refractivity contribution in [2.75, 3.05) is 11.9 Å². The Balaban J connectivity index is 1.41. The standard InChI is InChI=1S/C21H24N6S/c1-4-15-17(5-1)28-21-18(15)20(25-19(26-21)12-3-2-8-22-10-12)24-14-6-7-16-13(9-14)11-23-27-16/h2-3,8,10,13-14,16,23,27H,1,4-7,9,11H2,(H,24,25,26). The molecule has 3 aromatic heterocycles. The Morgan fingerprint density at radius 3 is 3.11 bits per heavy atom. The molecule has 0 amide bonds. The maximum Gasteiger partial charge on any atom is 0.164 e. The third-order valence-electron chi connectivity index (χ3n) is 6.46. The van der Waals surface area contributed by atoms with Crippen LogP contribution < -0.4 is 16.2 Å². The van der Waals surface area contributed by atoms with E-state index >= 15 is 0 Å². The Kier molecular flexibility index (Phi) is 4.06. The minimum atomic E-state index is 0.472. The molecule has 1 aliphatic heterocycles. The van der Waals surface area contributed by atoms with Crippen molar-refractivity contribution < 1.29 is 0 Å². The van der Waals surface area contributed by atoms with Gasteiger partial charge in [0.1, 0.15) is 10.6 Å². The minimum Gasteiger partial charge on any atom is -0.367 e. The van der Waals surface area contributed by atoms with Crippen molar-refractivity contribution in [2.24, 2.45) is 5.92 Å². The van der Waals surface area contributed by atoms with Gasteiger partial charge < -0.3 is 5.32 Å². The Bertz CT molecular complexity index is 1020. The summed E-state index contributed by atoms with van der Waals surface area (Å²) < 4.78 is 0. The van der Waals surface area contributed by atoms with E-state index in [2.05, 4.69) is 21.2 Å². The first-order chi connectivity index (χ1) is 13.8. The van der Waals surface area contributed by atoms with Crippen molar-refractivity contribution >= 4 is 27.4 Å². The number of nitrogens with zero attached hydrogens (tertiary/aromatic N) is 3. The van der Waals surface area contributed by atoms with E-state index in [1.54, 1.807) is 6.20 Å². The lowest BCUT2D eigenvalue weighted by Gasteiger charge is -2.31. The number of aromatic nitrogens is 3. The Morgan fingerprint density at radius 1 is 1.18 bits per heavy atom. The maximum atomic E-state index is 5.01. The van der Waals surface area contributed by atoms with Crippen molar-refractivity contribution in [3.63, 3.8) is 0 Å². The number of fused-ring (bicyclic) bond motifs is 4. The van der Waals surface area contributed by atoms with Gasteiger partial charge in [-0.2, -0.15) is 0 Å². The highest BCUT2D eigenvalue weighted by atomic mass is 32.1. The molecule has 3 aliphatic rings. The van der Waals surface area contributed by atoms with E-state index in [1.807, 2.05) is 29.7 Å². The molecule has 1 saturated carbocycles. The fourth-order valence-corrected chi connectivity index (χ4v) is 6.31. The van der Waals surface area contributed by atoms with Crippen LogP contribution in [0.4, 0.5) is 5.82 Å². The fraction of sp³-hybridized carbons (Fsp3) is 0.476. The second-order valence-electron chi connectivity index (χ2n) is 8.22. The highest BCUT2D eigenvalue weighted by molar-refractivity contribution is 7.19. The minimum absolute atomic E-state index is 0.472. The average Bonchev–Trinajstić information content (AvgIpc) is 3.43. The molecule has 4 heterocycles.